The zero-order valence-electron chi connectivity index (χ0n) is 13.7. The van der Waals surface area contributed by atoms with Gasteiger partial charge >= 0.3 is 0 Å². The number of aliphatic hydroxyl groups excluding tert-OH is 1. The van der Waals surface area contributed by atoms with Crippen molar-refractivity contribution in [3.8, 4) is 5.75 Å². The highest BCUT2D eigenvalue weighted by Crippen LogP contribution is 2.37. The van der Waals surface area contributed by atoms with Crippen LogP contribution in [0.2, 0.25) is 0 Å². The third-order valence-corrected chi connectivity index (χ3v) is 4.29. The first-order valence-electron chi connectivity index (χ1n) is 8.19. The number of phenolic OH excluding ortho intramolecular Hbond substituents is 1. The number of halogens is 1. The van der Waals surface area contributed by atoms with Crippen molar-refractivity contribution in [2.24, 2.45) is 0 Å². The average Bonchev–Trinajstić information content (AvgIpc) is 2.63. The molecule has 0 spiro atoms. The minimum absolute atomic E-state index is 0.133. The number of allylic oxidation sites excluding steroid dienone is 4. The quantitative estimate of drug-likeness (QED) is 0.535. The highest BCUT2D eigenvalue weighted by Gasteiger charge is 2.18. The Balaban J connectivity index is 2.21. The third-order valence-electron chi connectivity index (χ3n) is 4.10. The molecular weight excluding hydrogens is 332 g/mol. The Kier molecular flexibility index (Phi) is 5.45. The Bertz CT molecular complexity index is 885. The molecule has 0 saturated carbocycles. The molecule has 0 heterocycles. The molecule has 1 aliphatic carbocycles. The van der Waals surface area contributed by atoms with E-state index in [2.05, 4.69) is 5.73 Å². The normalized spacial score (nSPS) is 13.7. The van der Waals surface area contributed by atoms with Crippen molar-refractivity contribution in [1.82, 2.24) is 0 Å². The van der Waals surface area contributed by atoms with Gasteiger partial charge in [0.05, 0.1) is 0 Å². The van der Waals surface area contributed by atoms with Gasteiger partial charge in [-0.15, -0.1) is 17.3 Å². The summed E-state index contributed by atoms with van der Waals surface area (Å²) in [7, 11) is 0. The van der Waals surface area contributed by atoms with Crippen molar-refractivity contribution >= 4 is 22.7 Å². The molecule has 2 aromatic carbocycles. The molecular formula is C22H19ClO2. The minimum atomic E-state index is 0.133. The lowest BCUT2D eigenvalue weighted by molar-refractivity contribution is 0.432. The maximum absolute atomic E-state index is 10.4. The topological polar surface area (TPSA) is 40.5 Å². The number of para-hydroxylation sites is 1. The van der Waals surface area contributed by atoms with Crippen molar-refractivity contribution < 1.29 is 10.2 Å². The van der Waals surface area contributed by atoms with Crippen LogP contribution >= 0.6 is 11.6 Å². The molecule has 1 aliphatic rings. The van der Waals surface area contributed by atoms with E-state index in [9.17, 15) is 10.2 Å². The molecule has 126 valence electrons. The highest BCUT2D eigenvalue weighted by molar-refractivity contribution is 6.18. The van der Waals surface area contributed by atoms with E-state index in [4.69, 9.17) is 11.6 Å². The lowest BCUT2D eigenvalue weighted by atomic mass is 9.89. The fourth-order valence-corrected chi connectivity index (χ4v) is 3.11. The zero-order valence-corrected chi connectivity index (χ0v) is 14.5. The van der Waals surface area contributed by atoms with Crippen molar-refractivity contribution in [2.45, 2.75) is 12.8 Å². The number of alkyl halides is 1. The molecule has 2 aromatic rings. The van der Waals surface area contributed by atoms with Crippen LogP contribution in [0.4, 0.5) is 0 Å². The second-order valence-corrected chi connectivity index (χ2v) is 6.15. The van der Waals surface area contributed by atoms with Crippen molar-refractivity contribution in [1.29, 1.82) is 0 Å². The van der Waals surface area contributed by atoms with Crippen LogP contribution in [0, 0.1) is 0 Å². The van der Waals surface area contributed by atoms with Crippen LogP contribution in [0.5, 0.6) is 5.75 Å². The van der Waals surface area contributed by atoms with Crippen molar-refractivity contribution in [3.05, 3.63) is 94.9 Å². The maximum atomic E-state index is 10.4. The molecule has 0 radical (unpaired) electrons. The lowest BCUT2D eigenvalue weighted by Crippen LogP contribution is -1.99. The Morgan fingerprint density at radius 3 is 2.44 bits per heavy atom. The van der Waals surface area contributed by atoms with Crippen LogP contribution in [-0.2, 0) is 0 Å². The van der Waals surface area contributed by atoms with E-state index < -0.39 is 0 Å². The van der Waals surface area contributed by atoms with Crippen LogP contribution in [0.3, 0.4) is 0 Å². The number of rotatable bonds is 4. The van der Waals surface area contributed by atoms with Crippen LogP contribution in [0.25, 0.3) is 11.1 Å². The molecule has 0 atom stereocenters. The fraction of sp³-hybridized carbons (Fsp3) is 0.136. The summed E-state index contributed by atoms with van der Waals surface area (Å²) in [5.41, 5.74) is 7.55. The third kappa shape index (κ3) is 3.88. The molecule has 2 nitrogen and oxygen atoms in total. The van der Waals surface area contributed by atoms with Gasteiger partial charge in [-0.1, -0.05) is 54.6 Å². The Morgan fingerprint density at radius 2 is 1.72 bits per heavy atom. The first-order valence-corrected chi connectivity index (χ1v) is 8.72. The summed E-state index contributed by atoms with van der Waals surface area (Å²) in [6, 6.07) is 17.0. The summed E-state index contributed by atoms with van der Waals surface area (Å²) in [4.78, 5) is 0. The van der Waals surface area contributed by atoms with Crippen molar-refractivity contribution in [3.63, 3.8) is 0 Å². The van der Waals surface area contributed by atoms with Crippen LogP contribution in [-0.4, -0.2) is 16.1 Å². The molecule has 0 unspecified atom stereocenters. The molecule has 0 saturated heterocycles. The summed E-state index contributed by atoms with van der Waals surface area (Å²) in [6.45, 7) is 0. The number of benzene rings is 2. The van der Waals surface area contributed by atoms with Crippen LogP contribution in [0.1, 0.15) is 24.0 Å². The number of phenols is 1. The van der Waals surface area contributed by atoms with Gasteiger partial charge in [0.2, 0.25) is 0 Å². The molecule has 0 aliphatic heterocycles. The summed E-state index contributed by atoms with van der Waals surface area (Å²) in [6.07, 6.45) is 4.86. The van der Waals surface area contributed by atoms with E-state index in [0.717, 1.165) is 16.7 Å². The summed E-state index contributed by atoms with van der Waals surface area (Å²) in [5, 5.41) is 20.6. The van der Waals surface area contributed by atoms with Gasteiger partial charge in [-0.25, -0.2) is 0 Å². The van der Waals surface area contributed by atoms with E-state index in [1.807, 2.05) is 42.5 Å². The highest BCUT2D eigenvalue weighted by atomic mass is 35.5. The largest absolute Gasteiger partial charge is 0.507 e. The monoisotopic (exact) mass is 350 g/mol. The van der Waals surface area contributed by atoms with E-state index in [-0.39, 0.29) is 11.5 Å². The summed E-state index contributed by atoms with van der Waals surface area (Å²) in [5.74, 6) is 0.757. The number of hydrogen-bond acceptors (Lipinski definition) is 2. The second-order valence-electron chi connectivity index (χ2n) is 5.77. The SMILES string of the molecule is OC1=C(c2ccccc2O)C(=C=C(CCCl)c2ccccc2)CC=C1. The molecule has 0 fully saturated rings. The van der Waals surface area contributed by atoms with E-state index in [0.29, 0.717) is 29.9 Å². The standard InChI is InChI=1S/C22H19ClO2/c23-14-13-17(16-7-2-1-3-8-16)15-18-9-6-12-21(25)22(18)19-10-4-5-11-20(19)24/h1-8,10-12,24-25H,9,13-14H2. The summed E-state index contributed by atoms with van der Waals surface area (Å²) >= 11 is 5.99. The number of aromatic hydroxyl groups is 1. The van der Waals surface area contributed by atoms with E-state index in [1.165, 1.54) is 0 Å². The van der Waals surface area contributed by atoms with Crippen molar-refractivity contribution in [2.75, 3.05) is 5.88 Å². The molecule has 3 heteroatoms. The number of hydrogen-bond donors (Lipinski definition) is 2. The predicted octanol–water partition coefficient (Wildman–Crippen LogP) is 5.86. The maximum Gasteiger partial charge on any atom is 0.124 e. The van der Waals surface area contributed by atoms with Crippen LogP contribution < -0.4 is 0 Å². The number of aliphatic hydroxyl groups is 1. The predicted molar refractivity (Wildman–Crippen MR) is 104 cm³/mol. The van der Waals surface area contributed by atoms with E-state index in [1.54, 1.807) is 24.3 Å². The average molecular weight is 351 g/mol. The molecule has 25 heavy (non-hydrogen) atoms. The van der Waals surface area contributed by atoms with Gasteiger partial charge in [-0.2, -0.15) is 0 Å². The van der Waals surface area contributed by atoms with Gasteiger partial charge in [0.25, 0.3) is 0 Å². The Labute approximate surface area is 152 Å². The van der Waals surface area contributed by atoms with Gasteiger partial charge in [-0.05, 0) is 30.5 Å². The second kappa shape index (κ2) is 7.94. The molecule has 3 rings (SSSR count). The molecule has 0 amide bonds. The first kappa shape index (κ1) is 17.2. The lowest BCUT2D eigenvalue weighted by Gasteiger charge is -2.16. The van der Waals surface area contributed by atoms with Gasteiger partial charge < -0.3 is 10.2 Å². The van der Waals surface area contributed by atoms with E-state index >= 15 is 0 Å². The Hall–Kier alpha value is -2.67. The molecule has 2 N–H and O–H groups in total. The van der Waals surface area contributed by atoms with Gasteiger partial charge in [0, 0.05) is 28.2 Å². The first-order chi connectivity index (χ1) is 12.2. The molecule has 0 bridgehead atoms. The van der Waals surface area contributed by atoms with Crippen LogP contribution in [0.15, 0.2) is 83.8 Å². The Morgan fingerprint density at radius 1 is 1.00 bits per heavy atom. The van der Waals surface area contributed by atoms with Gasteiger partial charge in [0.15, 0.2) is 0 Å². The minimum Gasteiger partial charge on any atom is -0.507 e. The van der Waals surface area contributed by atoms with Gasteiger partial charge in [0.1, 0.15) is 11.5 Å². The fourth-order valence-electron chi connectivity index (χ4n) is 2.92. The smallest absolute Gasteiger partial charge is 0.124 e. The summed E-state index contributed by atoms with van der Waals surface area (Å²) < 4.78 is 0. The molecule has 0 aromatic heterocycles. The van der Waals surface area contributed by atoms with Gasteiger partial charge in [-0.3, -0.25) is 0 Å². The zero-order chi connectivity index (χ0) is 17.6.